The Bertz CT molecular complexity index is 1070. The van der Waals surface area contributed by atoms with Crippen LogP contribution in [-0.2, 0) is 9.53 Å². The quantitative estimate of drug-likeness (QED) is 0.565. The normalized spacial score (nSPS) is 15.6. The molecular weight excluding hydrogens is 414 g/mol. The van der Waals surface area contributed by atoms with Gasteiger partial charge in [-0.1, -0.05) is 41.9 Å². The predicted molar refractivity (Wildman–Crippen MR) is 120 cm³/mol. The molecule has 0 unspecified atom stereocenters. The second-order valence-corrected chi connectivity index (χ2v) is 7.85. The summed E-state index contributed by atoms with van der Waals surface area (Å²) in [5, 5.41) is 1.56. The fourth-order valence-corrected chi connectivity index (χ4v) is 4.12. The first-order chi connectivity index (χ1) is 15.1. The molecule has 31 heavy (non-hydrogen) atoms. The number of benzene rings is 2. The number of hydrogen-bond acceptors (Lipinski definition) is 5. The van der Waals surface area contributed by atoms with E-state index in [2.05, 4.69) is 9.88 Å². The number of halogens is 1. The number of nitrogens with zero attached hydrogens (tertiary/aromatic N) is 3. The van der Waals surface area contributed by atoms with Crippen LogP contribution in [0.4, 0.5) is 0 Å². The van der Waals surface area contributed by atoms with Crippen molar-refractivity contribution >= 4 is 34.4 Å². The summed E-state index contributed by atoms with van der Waals surface area (Å²) in [7, 11) is 0. The van der Waals surface area contributed by atoms with Gasteiger partial charge in [0.25, 0.3) is 5.91 Å². The molecule has 160 valence electrons. The van der Waals surface area contributed by atoms with E-state index in [-0.39, 0.29) is 11.9 Å². The maximum Gasteiger partial charge on any atom is 0.328 e. The third kappa shape index (κ3) is 4.55. The molecule has 1 amide bonds. The molecule has 1 saturated heterocycles. The number of ether oxygens (including phenoxy) is 1. The van der Waals surface area contributed by atoms with E-state index < -0.39 is 6.04 Å². The molecule has 2 heterocycles. The number of carbonyl (C=O) groups excluding carboxylic acids is 2. The molecule has 6 nitrogen and oxygen atoms in total. The van der Waals surface area contributed by atoms with Crippen LogP contribution >= 0.6 is 11.6 Å². The Morgan fingerprint density at radius 1 is 1.03 bits per heavy atom. The molecule has 3 aromatic rings. The molecule has 1 aliphatic heterocycles. The molecule has 0 aliphatic carbocycles. The van der Waals surface area contributed by atoms with Crippen LogP contribution in [0.3, 0.4) is 0 Å². The van der Waals surface area contributed by atoms with Gasteiger partial charge in [0.15, 0.2) is 0 Å². The number of pyridine rings is 1. The van der Waals surface area contributed by atoms with Crippen molar-refractivity contribution in [3.05, 3.63) is 76.9 Å². The van der Waals surface area contributed by atoms with E-state index in [0.29, 0.717) is 48.9 Å². The minimum absolute atomic E-state index is 0.0388. The molecule has 0 spiro atoms. The molecule has 2 aromatic carbocycles. The third-order valence-corrected chi connectivity index (χ3v) is 5.78. The van der Waals surface area contributed by atoms with E-state index in [1.54, 1.807) is 25.3 Å². The average Bonchev–Trinajstić information content (AvgIpc) is 2.80. The van der Waals surface area contributed by atoms with E-state index in [4.69, 9.17) is 16.3 Å². The summed E-state index contributed by atoms with van der Waals surface area (Å²) in [4.78, 5) is 34.2. The van der Waals surface area contributed by atoms with Crippen LogP contribution in [0.25, 0.3) is 10.9 Å². The lowest BCUT2D eigenvalue weighted by Crippen LogP contribution is -2.51. The minimum atomic E-state index is -0.520. The van der Waals surface area contributed by atoms with E-state index in [0.717, 1.165) is 10.9 Å². The van der Waals surface area contributed by atoms with Gasteiger partial charge in [-0.2, -0.15) is 0 Å². The molecule has 0 radical (unpaired) electrons. The van der Waals surface area contributed by atoms with E-state index in [9.17, 15) is 9.59 Å². The Kier molecular flexibility index (Phi) is 6.49. The summed E-state index contributed by atoms with van der Waals surface area (Å²) < 4.78 is 5.33. The van der Waals surface area contributed by atoms with E-state index in [1.807, 2.05) is 47.4 Å². The zero-order valence-corrected chi connectivity index (χ0v) is 18.1. The largest absolute Gasteiger partial charge is 0.465 e. The number of amides is 1. The van der Waals surface area contributed by atoms with Crippen LogP contribution < -0.4 is 0 Å². The summed E-state index contributed by atoms with van der Waals surface area (Å²) >= 11 is 6.02. The number of piperazine rings is 1. The fraction of sp³-hybridized carbons (Fsp3) is 0.292. The van der Waals surface area contributed by atoms with Crippen molar-refractivity contribution < 1.29 is 14.3 Å². The van der Waals surface area contributed by atoms with Gasteiger partial charge in [0.05, 0.1) is 17.7 Å². The number of hydrogen-bond donors (Lipinski definition) is 0. The van der Waals surface area contributed by atoms with Crippen LogP contribution in [0.1, 0.15) is 28.9 Å². The van der Waals surface area contributed by atoms with Crippen molar-refractivity contribution in [2.45, 2.75) is 13.0 Å². The number of esters is 1. The first-order valence-corrected chi connectivity index (χ1v) is 10.8. The van der Waals surface area contributed by atoms with Crippen molar-refractivity contribution in [2.24, 2.45) is 0 Å². The van der Waals surface area contributed by atoms with Crippen molar-refractivity contribution in [3.8, 4) is 0 Å². The van der Waals surface area contributed by atoms with Crippen molar-refractivity contribution in [2.75, 3.05) is 32.8 Å². The van der Waals surface area contributed by atoms with Gasteiger partial charge in [-0.25, -0.2) is 4.79 Å². The van der Waals surface area contributed by atoms with Crippen LogP contribution in [0.2, 0.25) is 5.02 Å². The Labute approximate surface area is 186 Å². The summed E-state index contributed by atoms with van der Waals surface area (Å²) in [6.07, 6.45) is 1.70. The Morgan fingerprint density at radius 2 is 1.74 bits per heavy atom. The lowest BCUT2D eigenvalue weighted by atomic mass is 10.0. The van der Waals surface area contributed by atoms with Crippen molar-refractivity contribution in [1.29, 1.82) is 0 Å². The van der Waals surface area contributed by atoms with Gasteiger partial charge >= 0.3 is 5.97 Å². The van der Waals surface area contributed by atoms with Gasteiger partial charge in [0, 0.05) is 42.8 Å². The SMILES string of the molecule is CCOC(=O)[C@H](c1ccc(Cl)cc1)N1CCN(C(=O)c2cccc3cccnc23)CC1. The van der Waals surface area contributed by atoms with Crippen molar-refractivity contribution in [3.63, 3.8) is 0 Å². The molecule has 0 N–H and O–H groups in total. The van der Waals surface area contributed by atoms with Gasteiger partial charge in [0.1, 0.15) is 6.04 Å². The monoisotopic (exact) mass is 437 g/mol. The van der Waals surface area contributed by atoms with Gasteiger partial charge in [-0.05, 0) is 36.8 Å². The number of aromatic nitrogens is 1. The highest BCUT2D eigenvalue weighted by molar-refractivity contribution is 6.30. The van der Waals surface area contributed by atoms with Gasteiger partial charge < -0.3 is 9.64 Å². The molecule has 1 aliphatic rings. The topological polar surface area (TPSA) is 62.7 Å². The number of rotatable bonds is 5. The summed E-state index contributed by atoms with van der Waals surface area (Å²) in [5.74, 6) is -0.328. The zero-order valence-electron chi connectivity index (χ0n) is 17.3. The van der Waals surface area contributed by atoms with Crippen LogP contribution in [0.15, 0.2) is 60.8 Å². The summed E-state index contributed by atoms with van der Waals surface area (Å²) in [6.45, 7) is 4.28. The van der Waals surface area contributed by atoms with Crippen molar-refractivity contribution in [1.82, 2.24) is 14.8 Å². The Hall–Kier alpha value is -2.96. The lowest BCUT2D eigenvalue weighted by Gasteiger charge is -2.38. The predicted octanol–water partition coefficient (Wildman–Crippen LogP) is 3.95. The highest BCUT2D eigenvalue weighted by Gasteiger charge is 2.33. The second-order valence-electron chi connectivity index (χ2n) is 7.42. The Morgan fingerprint density at radius 3 is 2.45 bits per heavy atom. The zero-order chi connectivity index (χ0) is 21.8. The van der Waals surface area contributed by atoms with Gasteiger partial charge in [0.2, 0.25) is 0 Å². The van der Waals surface area contributed by atoms with Crippen LogP contribution in [-0.4, -0.2) is 59.4 Å². The van der Waals surface area contributed by atoms with Gasteiger partial charge in [-0.3, -0.25) is 14.7 Å². The van der Waals surface area contributed by atoms with Crippen LogP contribution in [0, 0.1) is 0 Å². The molecule has 1 atom stereocenters. The van der Waals surface area contributed by atoms with Crippen LogP contribution in [0.5, 0.6) is 0 Å². The maximum atomic E-state index is 13.2. The first kappa shape index (κ1) is 21.3. The molecule has 1 aromatic heterocycles. The first-order valence-electron chi connectivity index (χ1n) is 10.4. The maximum absolute atomic E-state index is 13.2. The molecule has 1 fully saturated rings. The lowest BCUT2D eigenvalue weighted by molar-refractivity contribution is -0.150. The molecule has 0 saturated carbocycles. The minimum Gasteiger partial charge on any atom is -0.465 e. The van der Waals surface area contributed by atoms with E-state index in [1.165, 1.54) is 0 Å². The summed E-state index contributed by atoms with van der Waals surface area (Å²) in [5.41, 5.74) is 2.15. The molecule has 4 rings (SSSR count). The highest BCUT2D eigenvalue weighted by atomic mass is 35.5. The van der Waals surface area contributed by atoms with E-state index >= 15 is 0 Å². The number of para-hydroxylation sites is 1. The van der Waals surface area contributed by atoms with Gasteiger partial charge in [-0.15, -0.1) is 0 Å². The standard InChI is InChI=1S/C24H24ClN3O3/c1-2-31-24(30)22(18-8-10-19(25)11-9-18)27-13-15-28(16-14-27)23(29)20-7-3-5-17-6-4-12-26-21(17)20/h3-12,22H,2,13-16H2,1H3/t22-/m0/s1. The third-order valence-electron chi connectivity index (χ3n) is 5.53. The molecular formula is C24H24ClN3O3. The second kappa shape index (κ2) is 9.45. The molecule has 0 bridgehead atoms. The fourth-order valence-electron chi connectivity index (χ4n) is 3.99. The summed E-state index contributed by atoms with van der Waals surface area (Å²) in [6, 6.07) is 16.2. The average molecular weight is 438 g/mol. The number of fused-ring (bicyclic) bond motifs is 1. The number of carbonyl (C=O) groups is 2. The smallest absolute Gasteiger partial charge is 0.328 e. The Balaban J connectivity index is 1.51. The highest BCUT2D eigenvalue weighted by Crippen LogP contribution is 2.26. The molecule has 7 heteroatoms.